The zero-order valence-electron chi connectivity index (χ0n) is 13.4. The highest BCUT2D eigenvalue weighted by Crippen LogP contribution is 2.25. The highest BCUT2D eigenvalue weighted by molar-refractivity contribution is 7.92. The van der Waals surface area contributed by atoms with Gasteiger partial charge >= 0.3 is 0 Å². The number of aryl methyl sites for hydroxylation is 1. The van der Waals surface area contributed by atoms with E-state index in [1.165, 1.54) is 21.5 Å². The summed E-state index contributed by atoms with van der Waals surface area (Å²) in [4.78, 5) is 12.7. The van der Waals surface area contributed by atoms with Gasteiger partial charge in [-0.3, -0.25) is 10.0 Å². The Morgan fingerprint density at radius 1 is 1.21 bits per heavy atom. The molecule has 0 saturated heterocycles. The summed E-state index contributed by atoms with van der Waals surface area (Å²) in [7, 11) is -3.52. The fourth-order valence-electron chi connectivity index (χ4n) is 2.55. The molecule has 130 valence electrons. The Morgan fingerprint density at radius 3 is 2.46 bits per heavy atom. The van der Waals surface area contributed by atoms with Crippen molar-refractivity contribution in [1.82, 2.24) is 5.48 Å². The molecule has 0 saturated carbocycles. The van der Waals surface area contributed by atoms with Crippen LogP contribution in [0.3, 0.4) is 0 Å². The quantitative estimate of drug-likeness (QED) is 0.427. The minimum Gasteiger partial charge on any atom is -0.289 e. The van der Waals surface area contributed by atoms with Crippen LogP contribution in [0.4, 0.5) is 0 Å². The Kier molecular flexibility index (Phi) is 6.53. The maximum Gasteiger partial charge on any atom is 0.261 e. The molecule has 0 aliphatic carbocycles. The van der Waals surface area contributed by atoms with Gasteiger partial charge in [-0.1, -0.05) is 36.8 Å². The Hall–Kier alpha value is -1.70. The number of benzene rings is 1. The topological polar surface area (TPSA) is 83.5 Å². The second-order valence-electron chi connectivity index (χ2n) is 5.71. The van der Waals surface area contributed by atoms with Gasteiger partial charge in [0.1, 0.15) is 5.25 Å². The molecule has 1 unspecified atom stereocenters. The van der Waals surface area contributed by atoms with E-state index in [0.29, 0.717) is 6.42 Å². The van der Waals surface area contributed by atoms with Crippen molar-refractivity contribution in [2.24, 2.45) is 0 Å². The molecule has 1 aromatic heterocycles. The Morgan fingerprint density at radius 2 is 1.92 bits per heavy atom. The summed E-state index contributed by atoms with van der Waals surface area (Å²) < 4.78 is 23.1. The van der Waals surface area contributed by atoms with Crippen molar-refractivity contribution >= 4 is 27.1 Å². The van der Waals surface area contributed by atoms with Crippen molar-refractivity contribution in [2.75, 3.05) is 6.26 Å². The first-order chi connectivity index (χ1) is 11.4. The van der Waals surface area contributed by atoms with Crippen LogP contribution in [-0.4, -0.2) is 31.0 Å². The monoisotopic (exact) mass is 367 g/mol. The molecule has 2 aromatic rings. The lowest BCUT2D eigenvalue weighted by atomic mass is 10.0. The Labute approximate surface area is 146 Å². The lowest BCUT2D eigenvalue weighted by molar-refractivity contribution is -0.128. The van der Waals surface area contributed by atoms with Gasteiger partial charge in [-0.05, 0) is 41.8 Å². The van der Waals surface area contributed by atoms with Crippen molar-refractivity contribution in [3.05, 3.63) is 47.3 Å². The maximum atomic E-state index is 11.6. The normalized spacial score (nSPS) is 12.8. The zero-order valence-corrected chi connectivity index (χ0v) is 15.1. The smallest absolute Gasteiger partial charge is 0.261 e. The first-order valence-corrected chi connectivity index (χ1v) is 10.5. The van der Waals surface area contributed by atoms with E-state index in [4.69, 9.17) is 5.21 Å². The molecule has 1 aromatic carbocycles. The average molecular weight is 367 g/mol. The van der Waals surface area contributed by atoms with E-state index in [2.05, 4.69) is 30.3 Å². The molecule has 24 heavy (non-hydrogen) atoms. The molecular weight excluding hydrogens is 346 g/mol. The van der Waals surface area contributed by atoms with Gasteiger partial charge in [0.05, 0.1) is 0 Å². The molecule has 1 amide bonds. The first kappa shape index (κ1) is 18.6. The van der Waals surface area contributed by atoms with Crippen LogP contribution in [0.2, 0.25) is 0 Å². The summed E-state index contributed by atoms with van der Waals surface area (Å²) >= 11 is 1.70. The fourth-order valence-corrected chi connectivity index (χ4v) is 4.32. The number of carbonyl (C=O) groups excluding carboxylic acids is 1. The van der Waals surface area contributed by atoms with Crippen LogP contribution >= 0.6 is 11.3 Å². The lowest BCUT2D eigenvalue weighted by Gasteiger charge is -2.12. The summed E-state index contributed by atoms with van der Waals surface area (Å²) in [5.74, 6) is -0.863. The van der Waals surface area contributed by atoms with Crippen molar-refractivity contribution in [3.8, 4) is 10.4 Å². The third-order valence-corrected chi connectivity index (χ3v) is 6.26. The van der Waals surface area contributed by atoms with E-state index >= 15 is 0 Å². The highest BCUT2D eigenvalue weighted by atomic mass is 32.2. The lowest BCUT2D eigenvalue weighted by Crippen LogP contribution is -2.37. The SMILES string of the molecule is CS(=O)(=O)C(CCCCc1ccc(-c2cccs2)cc1)C(=O)NO. The van der Waals surface area contributed by atoms with E-state index in [0.717, 1.165) is 19.1 Å². The van der Waals surface area contributed by atoms with Crippen LogP contribution in [0, 0.1) is 0 Å². The predicted octanol–water partition coefficient (Wildman–Crippen LogP) is 3.05. The molecule has 0 spiro atoms. The molecule has 1 atom stereocenters. The van der Waals surface area contributed by atoms with Crippen molar-refractivity contribution in [2.45, 2.75) is 30.9 Å². The van der Waals surface area contributed by atoms with Crippen LogP contribution in [-0.2, 0) is 21.1 Å². The molecule has 2 N–H and O–H groups in total. The minimum absolute atomic E-state index is 0.207. The summed E-state index contributed by atoms with van der Waals surface area (Å²) in [6, 6.07) is 12.4. The van der Waals surface area contributed by atoms with Gasteiger partial charge in [0.25, 0.3) is 5.91 Å². The molecular formula is C17H21NO4S2. The van der Waals surface area contributed by atoms with Gasteiger partial charge in [0, 0.05) is 11.1 Å². The van der Waals surface area contributed by atoms with Gasteiger partial charge in [0.15, 0.2) is 9.84 Å². The molecule has 0 fully saturated rings. The standard InChI is InChI=1S/C17H21NO4S2/c1-24(21,22)16(17(19)18-20)7-3-2-5-13-8-10-14(11-9-13)15-6-4-12-23-15/h4,6,8-12,16,20H,2-3,5,7H2,1H3,(H,18,19). The number of amides is 1. The second-order valence-corrected chi connectivity index (χ2v) is 8.89. The first-order valence-electron chi connectivity index (χ1n) is 7.67. The maximum absolute atomic E-state index is 11.6. The molecule has 0 aliphatic rings. The summed E-state index contributed by atoms with van der Waals surface area (Å²) in [5.41, 5.74) is 3.80. The van der Waals surface area contributed by atoms with Gasteiger partial charge < -0.3 is 0 Å². The number of thiophene rings is 1. The molecule has 0 bridgehead atoms. The fraction of sp³-hybridized carbons (Fsp3) is 0.353. The number of unbranched alkanes of at least 4 members (excludes halogenated alkanes) is 1. The van der Waals surface area contributed by atoms with Gasteiger partial charge in [-0.25, -0.2) is 13.9 Å². The second kappa shape index (κ2) is 8.41. The van der Waals surface area contributed by atoms with Gasteiger partial charge in [0.2, 0.25) is 0 Å². The summed E-state index contributed by atoms with van der Waals surface area (Å²) in [5, 5.41) is 9.50. The number of hydroxylamine groups is 1. The molecule has 0 radical (unpaired) electrons. The third kappa shape index (κ3) is 5.15. The molecule has 5 nitrogen and oxygen atoms in total. The Balaban J connectivity index is 1.84. The highest BCUT2D eigenvalue weighted by Gasteiger charge is 2.27. The van der Waals surface area contributed by atoms with Crippen LogP contribution in [0.1, 0.15) is 24.8 Å². The minimum atomic E-state index is -3.52. The number of sulfone groups is 1. The van der Waals surface area contributed by atoms with Crippen LogP contribution in [0.5, 0.6) is 0 Å². The van der Waals surface area contributed by atoms with Crippen LogP contribution in [0.25, 0.3) is 10.4 Å². The van der Waals surface area contributed by atoms with Crippen LogP contribution in [0.15, 0.2) is 41.8 Å². The number of hydrogen-bond donors (Lipinski definition) is 2. The summed E-state index contributed by atoms with van der Waals surface area (Å²) in [6.45, 7) is 0. The van der Waals surface area contributed by atoms with Gasteiger partial charge in [-0.15, -0.1) is 11.3 Å². The number of rotatable bonds is 8. The number of carbonyl (C=O) groups is 1. The number of nitrogens with one attached hydrogen (secondary N) is 1. The zero-order chi connectivity index (χ0) is 17.6. The van der Waals surface area contributed by atoms with E-state index in [-0.39, 0.29) is 6.42 Å². The van der Waals surface area contributed by atoms with Crippen molar-refractivity contribution < 1.29 is 18.4 Å². The molecule has 7 heteroatoms. The van der Waals surface area contributed by atoms with E-state index in [1.54, 1.807) is 11.3 Å². The molecule has 1 heterocycles. The summed E-state index contributed by atoms with van der Waals surface area (Å²) in [6.07, 6.45) is 3.41. The third-order valence-electron chi connectivity index (χ3n) is 3.86. The average Bonchev–Trinajstić information content (AvgIpc) is 3.08. The van der Waals surface area contributed by atoms with E-state index in [1.807, 2.05) is 11.4 Å². The van der Waals surface area contributed by atoms with Crippen molar-refractivity contribution in [1.29, 1.82) is 0 Å². The van der Waals surface area contributed by atoms with Crippen molar-refractivity contribution in [3.63, 3.8) is 0 Å². The molecule has 2 rings (SSSR count). The Bertz CT molecular complexity index is 752. The van der Waals surface area contributed by atoms with Crippen LogP contribution < -0.4 is 5.48 Å². The van der Waals surface area contributed by atoms with Gasteiger partial charge in [-0.2, -0.15) is 0 Å². The van der Waals surface area contributed by atoms with E-state index in [9.17, 15) is 13.2 Å². The van der Waals surface area contributed by atoms with E-state index < -0.39 is 21.0 Å². The molecule has 0 aliphatic heterocycles. The predicted molar refractivity (Wildman–Crippen MR) is 95.9 cm³/mol. The largest absolute Gasteiger partial charge is 0.289 e. The number of hydrogen-bond acceptors (Lipinski definition) is 5.